The first-order valence-corrected chi connectivity index (χ1v) is 9.91. The maximum atomic E-state index is 12.5. The van der Waals surface area contributed by atoms with Gasteiger partial charge in [-0.05, 0) is 64.0 Å². The van der Waals surface area contributed by atoms with Gasteiger partial charge in [0.05, 0.1) is 0 Å². The predicted octanol–water partition coefficient (Wildman–Crippen LogP) is 1.72. The van der Waals surface area contributed by atoms with E-state index in [0.29, 0.717) is 19.0 Å². The molecule has 6 heteroatoms. The fourth-order valence-electron chi connectivity index (χ4n) is 3.67. The smallest absolute Gasteiger partial charge is 0.279 e. The quantitative estimate of drug-likeness (QED) is 0.784. The molecule has 2 aliphatic rings. The summed E-state index contributed by atoms with van der Waals surface area (Å²) in [6.07, 6.45) is 7.61. The molecule has 1 saturated heterocycles. The van der Waals surface area contributed by atoms with Crippen molar-refractivity contribution in [1.29, 1.82) is 0 Å². The Hall–Kier alpha value is -0.170. The number of piperidine rings is 1. The lowest BCUT2D eigenvalue weighted by molar-refractivity contribution is 0.253. The summed E-state index contributed by atoms with van der Waals surface area (Å²) >= 11 is 0. The van der Waals surface area contributed by atoms with Crippen molar-refractivity contribution in [3.63, 3.8) is 0 Å². The number of hydrogen-bond donors (Lipinski definition) is 2. The second kappa shape index (κ2) is 7.90. The lowest BCUT2D eigenvalue weighted by Crippen LogP contribution is -2.50. The van der Waals surface area contributed by atoms with Gasteiger partial charge in [-0.15, -0.1) is 0 Å². The maximum absolute atomic E-state index is 12.5. The van der Waals surface area contributed by atoms with Crippen LogP contribution in [0.1, 0.15) is 51.9 Å². The van der Waals surface area contributed by atoms with Crippen LogP contribution in [0.3, 0.4) is 0 Å². The van der Waals surface area contributed by atoms with Crippen LogP contribution in [0.4, 0.5) is 0 Å². The van der Waals surface area contributed by atoms with E-state index in [-0.39, 0.29) is 6.04 Å². The lowest BCUT2D eigenvalue weighted by Gasteiger charge is -2.34. The third-order valence-corrected chi connectivity index (χ3v) is 6.70. The second-order valence-corrected chi connectivity index (χ2v) is 8.37. The van der Waals surface area contributed by atoms with Crippen molar-refractivity contribution in [2.45, 2.75) is 57.9 Å². The van der Waals surface area contributed by atoms with Crippen molar-refractivity contribution >= 4 is 10.2 Å². The van der Waals surface area contributed by atoms with Crippen LogP contribution in [0.5, 0.6) is 0 Å². The van der Waals surface area contributed by atoms with Crippen LogP contribution in [0, 0.1) is 11.8 Å². The Morgan fingerprint density at radius 2 is 1.81 bits per heavy atom. The van der Waals surface area contributed by atoms with E-state index in [1.807, 2.05) is 7.05 Å². The Kier molecular flexibility index (Phi) is 6.47. The summed E-state index contributed by atoms with van der Waals surface area (Å²) in [5, 5.41) is 3.16. The first-order valence-electron chi connectivity index (χ1n) is 8.47. The average molecular weight is 317 g/mol. The van der Waals surface area contributed by atoms with E-state index in [1.165, 1.54) is 6.42 Å². The minimum Gasteiger partial charge on any atom is -0.319 e. The fourth-order valence-corrected chi connectivity index (χ4v) is 5.26. The van der Waals surface area contributed by atoms with E-state index < -0.39 is 10.2 Å². The summed E-state index contributed by atoms with van der Waals surface area (Å²) in [5.41, 5.74) is 0. The predicted molar refractivity (Wildman–Crippen MR) is 86.3 cm³/mol. The van der Waals surface area contributed by atoms with Gasteiger partial charge in [0.25, 0.3) is 10.2 Å². The lowest BCUT2D eigenvalue weighted by atomic mass is 9.85. The molecule has 0 bridgehead atoms. The summed E-state index contributed by atoms with van der Waals surface area (Å²) in [4.78, 5) is 0. The van der Waals surface area contributed by atoms with Crippen LogP contribution in [0.15, 0.2) is 0 Å². The Morgan fingerprint density at radius 1 is 1.10 bits per heavy atom. The molecular formula is C15H31N3O2S. The minimum atomic E-state index is -3.30. The van der Waals surface area contributed by atoms with Gasteiger partial charge >= 0.3 is 0 Å². The van der Waals surface area contributed by atoms with Crippen LogP contribution < -0.4 is 10.0 Å². The Balaban J connectivity index is 1.86. The van der Waals surface area contributed by atoms with Crippen molar-refractivity contribution in [2.75, 3.05) is 26.7 Å². The zero-order chi connectivity index (χ0) is 15.3. The van der Waals surface area contributed by atoms with Crippen LogP contribution in [-0.2, 0) is 10.2 Å². The molecule has 1 atom stereocenters. The molecule has 0 aromatic rings. The molecule has 0 aromatic carbocycles. The van der Waals surface area contributed by atoms with Gasteiger partial charge in [0.1, 0.15) is 0 Å². The topological polar surface area (TPSA) is 61.4 Å². The molecule has 0 radical (unpaired) electrons. The highest BCUT2D eigenvalue weighted by Gasteiger charge is 2.31. The van der Waals surface area contributed by atoms with Gasteiger partial charge < -0.3 is 5.32 Å². The van der Waals surface area contributed by atoms with E-state index >= 15 is 0 Å². The zero-order valence-corrected chi connectivity index (χ0v) is 14.3. The first-order chi connectivity index (χ1) is 10.0. The van der Waals surface area contributed by atoms with E-state index in [1.54, 1.807) is 4.31 Å². The molecule has 1 aliphatic carbocycles. The second-order valence-electron chi connectivity index (χ2n) is 6.67. The molecule has 0 amide bonds. The number of nitrogens with zero attached hydrogens (tertiary/aromatic N) is 1. The van der Waals surface area contributed by atoms with Gasteiger partial charge in [-0.2, -0.15) is 17.4 Å². The highest BCUT2D eigenvalue weighted by atomic mass is 32.2. The zero-order valence-electron chi connectivity index (χ0n) is 13.5. The standard InChI is InChI=1S/C15H31N3O2S/c1-3-13-6-8-15(9-7-13)17-21(19,20)18-10-4-5-14(12-18)11-16-2/h13-17H,3-12H2,1-2H3. The SMILES string of the molecule is CCC1CCC(NS(=O)(=O)N2CCCC(CNC)C2)CC1. The van der Waals surface area contributed by atoms with E-state index in [9.17, 15) is 8.42 Å². The van der Waals surface area contributed by atoms with Gasteiger partial charge in [0.15, 0.2) is 0 Å². The third kappa shape index (κ3) is 4.91. The number of nitrogens with one attached hydrogen (secondary N) is 2. The molecular weight excluding hydrogens is 286 g/mol. The molecule has 2 N–H and O–H groups in total. The van der Waals surface area contributed by atoms with Gasteiger partial charge in [-0.3, -0.25) is 0 Å². The molecule has 1 aliphatic heterocycles. The average Bonchev–Trinajstić information content (AvgIpc) is 2.48. The molecule has 21 heavy (non-hydrogen) atoms. The van der Waals surface area contributed by atoms with Crippen molar-refractivity contribution < 1.29 is 8.42 Å². The first kappa shape index (κ1) is 17.2. The Bertz CT molecular complexity index is 403. The summed E-state index contributed by atoms with van der Waals surface area (Å²) < 4.78 is 29.7. The fraction of sp³-hybridized carbons (Fsp3) is 1.00. The van der Waals surface area contributed by atoms with Crippen molar-refractivity contribution in [3.8, 4) is 0 Å². The highest BCUT2D eigenvalue weighted by Crippen LogP contribution is 2.27. The molecule has 0 aromatic heterocycles. The largest absolute Gasteiger partial charge is 0.319 e. The number of hydrogen-bond acceptors (Lipinski definition) is 3. The molecule has 1 heterocycles. The molecule has 2 rings (SSSR count). The Labute approximate surface area is 130 Å². The molecule has 5 nitrogen and oxygen atoms in total. The van der Waals surface area contributed by atoms with Crippen LogP contribution in [-0.4, -0.2) is 45.4 Å². The van der Waals surface area contributed by atoms with Crippen molar-refractivity contribution in [2.24, 2.45) is 11.8 Å². The number of rotatable bonds is 6. The normalized spacial score (nSPS) is 32.2. The van der Waals surface area contributed by atoms with Gasteiger partial charge in [0.2, 0.25) is 0 Å². The molecule has 2 fully saturated rings. The maximum Gasteiger partial charge on any atom is 0.279 e. The van der Waals surface area contributed by atoms with Gasteiger partial charge in [-0.1, -0.05) is 13.3 Å². The van der Waals surface area contributed by atoms with Crippen molar-refractivity contribution in [1.82, 2.24) is 14.3 Å². The van der Waals surface area contributed by atoms with Crippen LogP contribution in [0.2, 0.25) is 0 Å². The highest BCUT2D eigenvalue weighted by molar-refractivity contribution is 7.87. The van der Waals surface area contributed by atoms with Crippen LogP contribution >= 0.6 is 0 Å². The Morgan fingerprint density at radius 3 is 2.43 bits per heavy atom. The minimum absolute atomic E-state index is 0.141. The monoisotopic (exact) mass is 317 g/mol. The van der Waals surface area contributed by atoms with Crippen molar-refractivity contribution in [3.05, 3.63) is 0 Å². The van der Waals surface area contributed by atoms with E-state index in [0.717, 1.165) is 51.0 Å². The van der Waals surface area contributed by atoms with Crippen LogP contribution in [0.25, 0.3) is 0 Å². The van der Waals surface area contributed by atoms with Gasteiger partial charge in [-0.25, -0.2) is 0 Å². The molecule has 124 valence electrons. The summed E-state index contributed by atoms with van der Waals surface area (Å²) in [6, 6.07) is 0.141. The third-order valence-electron chi connectivity index (χ3n) is 5.05. The molecule has 1 unspecified atom stereocenters. The molecule has 1 saturated carbocycles. The summed E-state index contributed by atoms with van der Waals surface area (Å²) in [5.74, 6) is 1.23. The summed E-state index contributed by atoms with van der Waals surface area (Å²) in [6.45, 7) is 4.44. The summed E-state index contributed by atoms with van der Waals surface area (Å²) in [7, 11) is -1.37. The van der Waals surface area contributed by atoms with Gasteiger partial charge in [0, 0.05) is 19.1 Å². The molecule has 0 spiro atoms. The van der Waals surface area contributed by atoms with E-state index in [2.05, 4.69) is 17.0 Å². The van der Waals surface area contributed by atoms with E-state index in [4.69, 9.17) is 0 Å².